The summed E-state index contributed by atoms with van der Waals surface area (Å²) < 4.78 is 0. The number of carbonyl (C=O) groups is 2. The van der Waals surface area contributed by atoms with Crippen molar-refractivity contribution in [3.05, 3.63) is 35.9 Å². The van der Waals surface area contributed by atoms with Gasteiger partial charge in [0.15, 0.2) is 0 Å². The van der Waals surface area contributed by atoms with Crippen LogP contribution in [0.25, 0.3) is 0 Å². The van der Waals surface area contributed by atoms with E-state index in [0.717, 1.165) is 37.4 Å². The Kier molecular flexibility index (Phi) is 4.66. The van der Waals surface area contributed by atoms with Crippen LogP contribution in [-0.4, -0.2) is 51.9 Å². The summed E-state index contributed by atoms with van der Waals surface area (Å²) >= 11 is 1.82. The Labute approximate surface area is 165 Å². The highest BCUT2D eigenvalue weighted by molar-refractivity contribution is 7.99. The highest BCUT2D eigenvalue weighted by Gasteiger charge is 2.54. The van der Waals surface area contributed by atoms with Gasteiger partial charge < -0.3 is 9.80 Å². The number of carbonyl (C=O) groups excluding carboxylic acids is 2. The molecule has 27 heavy (non-hydrogen) atoms. The number of hydrogen-bond donors (Lipinski definition) is 0. The number of hydrogen-bond acceptors (Lipinski definition) is 3. The minimum Gasteiger partial charge on any atom is -0.331 e. The third-order valence-corrected chi connectivity index (χ3v) is 7.99. The molecule has 1 aromatic carbocycles. The summed E-state index contributed by atoms with van der Waals surface area (Å²) in [5.74, 6) is 3.24. The van der Waals surface area contributed by atoms with Gasteiger partial charge in [-0.15, -0.1) is 11.8 Å². The largest absolute Gasteiger partial charge is 0.331 e. The van der Waals surface area contributed by atoms with E-state index in [1.807, 2.05) is 22.7 Å². The average molecular weight is 385 g/mol. The zero-order valence-corrected chi connectivity index (χ0v) is 16.6. The van der Waals surface area contributed by atoms with Gasteiger partial charge in [0.2, 0.25) is 11.8 Å². The van der Waals surface area contributed by atoms with Crippen LogP contribution in [0.3, 0.4) is 0 Å². The van der Waals surface area contributed by atoms with Crippen molar-refractivity contribution < 1.29 is 9.59 Å². The van der Waals surface area contributed by atoms with Gasteiger partial charge in [0.05, 0.1) is 5.88 Å². The van der Waals surface area contributed by atoms with Gasteiger partial charge in [-0.25, -0.2) is 0 Å². The maximum Gasteiger partial charge on any atom is 0.246 e. The molecule has 0 spiro atoms. The van der Waals surface area contributed by atoms with Crippen LogP contribution in [0.15, 0.2) is 30.3 Å². The number of amides is 2. The second-order valence-electron chi connectivity index (χ2n) is 8.61. The molecular weight excluding hydrogens is 356 g/mol. The minimum absolute atomic E-state index is 0.0799. The van der Waals surface area contributed by atoms with Crippen molar-refractivity contribution in [3.63, 3.8) is 0 Å². The van der Waals surface area contributed by atoms with Crippen molar-refractivity contribution in [1.82, 2.24) is 9.80 Å². The number of thioether (sulfide) groups is 1. The predicted octanol–water partition coefficient (Wildman–Crippen LogP) is 3.48. The number of likely N-dealkylation sites (tertiary alicyclic amines) is 1. The minimum atomic E-state index is -0.207. The van der Waals surface area contributed by atoms with Crippen LogP contribution in [-0.2, 0) is 9.59 Å². The van der Waals surface area contributed by atoms with Crippen molar-refractivity contribution >= 4 is 23.6 Å². The molecule has 0 aromatic heterocycles. The van der Waals surface area contributed by atoms with E-state index in [-0.39, 0.29) is 23.8 Å². The monoisotopic (exact) mass is 384 g/mol. The molecule has 4 aliphatic rings. The van der Waals surface area contributed by atoms with Crippen LogP contribution in [0.1, 0.15) is 50.0 Å². The van der Waals surface area contributed by atoms with Crippen LogP contribution in [0.4, 0.5) is 0 Å². The fourth-order valence-electron chi connectivity index (χ4n) is 5.52. The Bertz CT molecular complexity index is 718. The smallest absolute Gasteiger partial charge is 0.246 e. The van der Waals surface area contributed by atoms with Gasteiger partial charge in [0.1, 0.15) is 6.04 Å². The van der Waals surface area contributed by atoms with Gasteiger partial charge in [0, 0.05) is 24.3 Å². The highest BCUT2D eigenvalue weighted by atomic mass is 32.2. The molecule has 0 bridgehead atoms. The van der Waals surface area contributed by atoms with E-state index in [4.69, 9.17) is 0 Å². The third-order valence-electron chi connectivity index (χ3n) is 7.03. The summed E-state index contributed by atoms with van der Waals surface area (Å²) in [6.07, 6.45) is 6.53. The first-order valence-corrected chi connectivity index (χ1v) is 11.6. The maximum absolute atomic E-state index is 13.5. The summed E-state index contributed by atoms with van der Waals surface area (Å²) in [5.41, 5.74) is 1.27. The Morgan fingerprint density at radius 3 is 2.59 bits per heavy atom. The first-order chi connectivity index (χ1) is 13.2. The van der Waals surface area contributed by atoms with Crippen molar-refractivity contribution in [2.24, 2.45) is 11.8 Å². The van der Waals surface area contributed by atoms with Gasteiger partial charge in [-0.2, -0.15) is 0 Å². The van der Waals surface area contributed by atoms with Crippen molar-refractivity contribution in [3.8, 4) is 0 Å². The van der Waals surface area contributed by atoms with E-state index in [1.165, 1.54) is 24.8 Å². The molecule has 2 heterocycles. The lowest BCUT2D eigenvalue weighted by Gasteiger charge is -2.34. The lowest BCUT2D eigenvalue weighted by molar-refractivity contribution is -0.145. The van der Waals surface area contributed by atoms with Crippen LogP contribution < -0.4 is 0 Å². The van der Waals surface area contributed by atoms with Crippen LogP contribution in [0.2, 0.25) is 0 Å². The van der Waals surface area contributed by atoms with E-state index in [2.05, 4.69) is 29.2 Å². The van der Waals surface area contributed by atoms with Crippen LogP contribution in [0.5, 0.6) is 0 Å². The van der Waals surface area contributed by atoms with Crippen molar-refractivity contribution in [2.75, 3.05) is 18.2 Å². The van der Waals surface area contributed by atoms with Gasteiger partial charge in [-0.3, -0.25) is 9.59 Å². The molecule has 2 saturated heterocycles. The van der Waals surface area contributed by atoms with Gasteiger partial charge in [-0.1, -0.05) is 43.2 Å². The average Bonchev–Trinajstić information content (AvgIpc) is 3.14. The fourth-order valence-corrected chi connectivity index (χ4v) is 6.48. The highest BCUT2D eigenvalue weighted by Crippen LogP contribution is 2.51. The molecule has 2 aliphatic heterocycles. The first-order valence-electron chi connectivity index (χ1n) is 10.5. The summed E-state index contributed by atoms with van der Waals surface area (Å²) in [6.45, 7) is 0.841. The zero-order chi connectivity index (χ0) is 18.4. The molecule has 2 saturated carbocycles. The lowest BCUT2D eigenvalue weighted by Crippen LogP contribution is -2.50. The van der Waals surface area contributed by atoms with E-state index >= 15 is 0 Å². The first kappa shape index (κ1) is 17.6. The molecule has 2 amide bonds. The molecule has 5 heteroatoms. The van der Waals surface area contributed by atoms with Crippen LogP contribution >= 0.6 is 11.8 Å². The number of nitrogens with zero attached hydrogens (tertiary/aromatic N) is 2. The Morgan fingerprint density at radius 1 is 1.00 bits per heavy atom. The van der Waals surface area contributed by atoms with E-state index in [1.54, 1.807) is 0 Å². The summed E-state index contributed by atoms with van der Waals surface area (Å²) in [5, 5.41) is 0. The standard InChI is InChI=1S/C22H28N2O2S/c25-21(18-13-17(18)15-6-2-1-3-7-15)24-19-9-5-4-8-16(19)12-20(24)22(26)23-10-11-27-14-23/h1-3,6-7,16-20H,4-5,8-14H2/t16?,17?,18-,19?,20-/m1/s1. The molecule has 0 radical (unpaired) electrons. The molecule has 4 fully saturated rings. The Morgan fingerprint density at radius 2 is 1.81 bits per heavy atom. The second-order valence-corrected chi connectivity index (χ2v) is 9.68. The van der Waals surface area contributed by atoms with Gasteiger partial charge >= 0.3 is 0 Å². The zero-order valence-electron chi connectivity index (χ0n) is 15.8. The molecule has 5 rings (SSSR count). The lowest BCUT2D eigenvalue weighted by atomic mass is 9.84. The Hall–Kier alpha value is -1.49. The van der Waals surface area contributed by atoms with E-state index < -0.39 is 0 Å². The van der Waals surface area contributed by atoms with Crippen molar-refractivity contribution in [1.29, 1.82) is 0 Å². The quantitative estimate of drug-likeness (QED) is 0.801. The van der Waals surface area contributed by atoms with E-state index in [0.29, 0.717) is 17.9 Å². The summed E-state index contributed by atoms with van der Waals surface area (Å²) in [4.78, 5) is 30.8. The molecule has 0 N–H and O–H groups in total. The number of benzene rings is 1. The number of rotatable bonds is 3. The number of fused-ring (bicyclic) bond motifs is 1. The molecule has 1 aromatic rings. The van der Waals surface area contributed by atoms with E-state index in [9.17, 15) is 9.59 Å². The van der Waals surface area contributed by atoms with Crippen LogP contribution in [0, 0.1) is 11.8 Å². The Balaban J connectivity index is 1.37. The molecule has 2 aliphatic carbocycles. The third kappa shape index (κ3) is 3.18. The SMILES string of the molecule is O=C([C@H]1CC2CCCCC2N1C(=O)[C@@H]1CC1c1ccccc1)N1CCSC1. The maximum atomic E-state index is 13.5. The second kappa shape index (κ2) is 7.16. The molecule has 144 valence electrons. The van der Waals surface area contributed by atoms with Gasteiger partial charge in [0.25, 0.3) is 0 Å². The van der Waals surface area contributed by atoms with Crippen molar-refractivity contribution in [2.45, 2.75) is 56.5 Å². The predicted molar refractivity (Wildman–Crippen MR) is 107 cm³/mol. The molecule has 3 unspecified atom stereocenters. The molecule has 5 atom stereocenters. The summed E-state index contributed by atoms with van der Waals surface area (Å²) in [6, 6.07) is 10.5. The topological polar surface area (TPSA) is 40.6 Å². The normalized spacial score (nSPS) is 35.2. The van der Waals surface area contributed by atoms with Gasteiger partial charge in [-0.05, 0) is 43.1 Å². The fraction of sp³-hybridized carbons (Fsp3) is 0.636. The molecule has 4 nitrogen and oxygen atoms in total. The molecular formula is C22H28N2O2S. The summed E-state index contributed by atoms with van der Waals surface area (Å²) in [7, 11) is 0.